The van der Waals surface area contributed by atoms with E-state index in [-0.39, 0.29) is 63.1 Å². The number of fused-ring (bicyclic) bond motifs is 1. The second kappa shape index (κ2) is 12.2. The van der Waals surface area contributed by atoms with Crippen molar-refractivity contribution in [1.29, 1.82) is 0 Å². The Labute approximate surface area is 224 Å². The first-order valence-corrected chi connectivity index (χ1v) is 10.2. The Bertz CT molecular complexity index is 963. The molecule has 1 saturated heterocycles. The van der Waals surface area contributed by atoms with E-state index in [9.17, 15) is 9.18 Å². The zero-order chi connectivity index (χ0) is 20.8. The van der Waals surface area contributed by atoms with Gasteiger partial charge in [-0.1, -0.05) is 42.5 Å². The Kier molecular flexibility index (Phi) is 10.3. The van der Waals surface area contributed by atoms with Gasteiger partial charge >= 0.3 is 51.4 Å². The van der Waals surface area contributed by atoms with Crippen molar-refractivity contribution < 1.29 is 60.6 Å². The number of nitrogens with one attached hydrogen (secondary N) is 2. The summed E-state index contributed by atoms with van der Waals surface area (Å²) < 4.78 is 12.7. The molecule has 30 heavy (non-hydrogen) atoms. The molecule has 2 aromatic heterocycles. The molecule has 1 aromatic carbocycles. The van der Waals surface area contributed by atoms with Crippen LogP contribution in [0.5, 0.6) is 0 Å². The maximum absolute atomic E-state index is 12.7. The molecule has 0 spiro atoms. The van der Waals surface area contributed by atoms with Crippen LogP contribution < -0.4 is 51.4 Å². The van der Waals surface area contributed by atoms with Crippen LogP contribution in [0.15, 0.2) is 42.6 Å². The van der Waals surface area contributed by atoms with Gasteiger partial charge in [0.15, 0.2) is 0 Å². The number of carbonyl (C=O) groups is 1. The average Bonchev–Trinajstić information content (AvgIpc) is 3.07. The Morgan fingerprint density at radius 2 is 2.07 bits per heavy atom. The molecule has 1 aliphatic heterocycles. The van der Waals surface area contributed by atoms with Gasteiger partial charge in [-0.05, 0) is 54.3 Å². The number of hydrogen-bond donors (Lipinski definition) is 1. The fourth-order valence-corrected chi connectivity index (χ4v) is 3.63. The number of aryl methyl sites for hydroxylation is 1. The molecule has 0 saturated carbocycles. The van der Waals surface area contributed by atoms with Crippen LogP contribution in [-0.4, -0.2) is 33.9 Å². The molecule has 1 aliphatic rings. The number of aromatic nitrogens is 2. The number of H-pyrrole nitrogens is 1. The van der Waals surface area contributed by atoms with Crippen LogP contribution in [0.4, 0.5) is 10.2 Å². The average molecular weight is 455 g/mol. The Morgan fingerprint density at radius 3 is 2.77 bits per heavy atom. The Hall–Kier alpha value is -0.964. The van der Waals surface area contributed by atoms with Crippen molar-refractivity contribution in [2.24, 2.45) is 5.92 Å². The summed E-state index contributed by atoms with van der Waals surface area (Å²) in [7, 11) is 0. The van der Waals surface area contributed by atoms with E-state index in [1.807, 2.05) is 4.90 Å². The summed E-state index contributed by atoms with van der Waals surface area (Å²) >= 11 is 5.69. The fourth-order valence-electron chi connectivity index (χ4n) is 3.46. The minimum atomic E-state index is -0.227. The molecule has 1 amide bonds. The smallest absolute Gasteiger partial charge is 0.482 e. The van der Waals surface area contributed by atoms with E-state index >= 15 is 0 Å². The summed E-state index contributed by atoms with van der Waals surface area (Å²) in [6.45, 7) is 3.98. The topological polar surface area (TPSA) is 72.8 Å². The molecule has 4 rings (SSSR count). The number of benzene rings is 1. The number of pyridine rings is 1. The summed E-state index contributed by atoms with van der Waals surface area (Å²) in [6, 6.07) is 9.86. The first-order chi connectivity index (χ1) is 13.9. The van der Waals surface area contributed by atoms with E-state index in [4.69, 9.17) is 17.3 Å². The molecule has 8 heteroatoms. The van der Waals surface area contributed by atoms with Crippen LogP contribution in [0, 0.1) is 11.7 Å². The summed E-state index contributed by atoms with van der Waals surface area (Å²) in [5.41, 5.74) is 8.99. The van der Waals surface area contributed by atoms with E-state index in [1.165, 1.54) is 18.6 Å². The van der Waals surface area contributed by atoms with E-state index in [2.05, 4.69) is 16.9 Å². The summed E-state index contributed by atoms with van der Waals surface area (Å²) in [6.07, 6.45) is 5.12. The van der Waals surface area contributed by atoms with Crippen molar-refractivity contribution in [3.8, 4) is 0 Å². The van der Waals surface area contributed by atoms with Crippen molar-refractivity contribution in [2.75, 3.05) is 13.1 Å². The van der Waals surface area contributed by atoms with Crippen LogP contribution in [0.25, 0.3) is 16.8 Å². The van der Waals surface area contributed by atoms with E-state index in [0.717, 1.165) is 30.5 Å². The van der Waals surface area contributed by atoms with E-state index in [1.54, 1.807) is 30.5 Å². The maximum atomic E-state index is 12.7. The molecular weight excluding hydrogens is 430 g/mol. The van der Waals surface area contributed by atoms with Crippen molar-refractivity contribution in [2.45, 2.75) is 32.6 Å². The van der Waals surface area contributed by atoms with Crippen molar-refractivity contribution >= 4 is 34.4 Å². The van der Waals surface area contributed by atoms with Gasteiger partial charge in [-0.3, -0.25) is 9.78 Å². The van der Waals surface area contributed by atoms with E-state index in [0.29, 0.717) is 35.2 Å². The number of likely N-dealkylation sites (tertiary alicyclic amines) is 1. The van der Waals surface area contributed by atoms with Gasteiger partial charge in [0.2, 0.25) is 5.91 Å². The summed E-state index contributed by atoms with van der Waals surface area (Å²) in [5, 5.41) is 1.47. The van der Waals surface area contributed by atoms with Gasteiger partial charge in [0.1, 0.15) is 5.82 Å². The zero-order valence-electron chi connectivity index (χ0n) is 17.4. The predicted octanol–water partition coefficient (Wildman–Crippen LogP) is 2.92. The minimum absolute atomic E-state index is 0. The third kappa shape index (κ3) is 7.62. The van der Waals surface area contributed by atoms with Crippen molar-refractivity contribution in [3.05, 3.63) is 64.7 Å². The quantitative estimate of drug-likeness (QED) is 0.618. The molecule has 0 radical (unpaired) electrons. The predicted molar refractivity (Wildman–Crippen MR) is 115 cm³/mol. The Balaban J connectivity index is 0.000000229. The molecule has 5 nitrogen and oxygen atoms in total. The molecule has 0 aliphatic carbocycles. The van der Waals surface area contributed by atoms with Crippen molar-refractivity contribution in [3.63, 3.8) is 0 Å². The third-order valence-electron chi connectivity index (χ3n) is 4.99. The monoisotopic (exact) mass is 454 g/mol. The van der Waals surface area contributed by atoms with Gasteiger partial charge in [-0.2, -0.15) is 0 Å². The van der Waals surface area contributed by atoms with Crippen LogP contribution in [0.3, 0.4) is 0 Å². The molecule has 154 valence electrons. The van der Waals surface area contributed by atoms with Gasteiger partial charge in [0.25, 0.3) is 0 Å². The maximum Gasteiger partial charge on any atom is 1.00 e. The van der Waals surface area contributed by atoms with Gasteiger partial charge in [0.05, 0.1) is 10.7 Å². The van der Waals surface area contributed by atoms with Crippen LogP contribution in [-0.2, 0) is 11.2 Å². The molecule has 1 atom stereocenters. The number of piperidine rings is 1. The molecule has 3 heterocycles. The van der Waals surface area contributed by atoms with Gasteiger partial charge in [0, 0.05) is 25.7 Å². The van der Waals surface area contributed by atoms with Gasteiger partial charge in [-0.15, -0.1) is 0 Å². The van der Waals surface area contributed by atoms with Crippen molar-refractivity contribution in [1.82, 2.24) is 14.9 Å². The summed E-state index contributed by atoms with van der Waals surface area (Å²) in [5.74, 6) is 0.976. The zero-order valence-corrected chi connectivity index (χ0v) is 21.3. The molecular formula is C22H25ClFKN4O. The third-order valence-corrected chi connectivity index (χ3v) is 5.19. The number of amides is 1. The molecule has 1 unspecified atom stereocenters. The Morgan fingerprint density at radius 1 is 1.33 bits per heavy atom. The first-order valence-electron chi connectivity index (χ1n) is 9.79. The van der Waals surface area contributed by atoms with Crippen LogP contribution in [0.1, 0.15) is 31.7 Å². The minimum Gasteiger partial charge on any atom is -0.482 e. The second-order valence-corrected chi connectivity index (χ2v) is 7.92. The van der Waals surface area contributed by atoms with Crippen LogP contribution in [0.2, 0.25) is 5.02 Å². The number of halogens is 2. The van der Waals surface area contributed by atoms with Gasteiger partial charge < -0.3 is 15.6 Å². The largest absolute Gasteiger partial charge is 1.00 e. The number of rotatable bonds is 3. The molecule has 3 aromatic rings. The number of hydrogen-bond acceptors (Lipinski definition) is 2. The van der Waals surface area contributed by atoms with Gasteiger partial charge in [-0.25, -0.2) is 4.39 Å². The fraction of sp³-hybridized carbons (Fsp3) is 0.364. The molecule has 2 N–H and O–H groups in total. The summed E-state index contributed by atoms with van der Waals surface area (Å²) in [4.78, 5) is 20.8. The normalized spacial score (nSPS) is 15.8. The van der Waals surface area contributed by atoms with Crippen LogP contribution >= 0.6 is 11.6 Å². The molecule has 1 fully saturated rings. The number of aromatic amines is 1. The second-order valence-electron chi connectivity index (χ2n) is 7.49. The standard InChI is InChI=1S/C15H20FNO.C7H5ClN3.K/c1-12-3-2-10-17(11-12)15(18)9-6-13-4-7-14(16)8-5-13;8-5-1-4-2-6(9)11-7(4)10-3-5;/h4-5,7-8,12H,2-3,6,9-11H2,1H3;1-3,9H,(H,10,11);/q;-1;+1. The van der Waals surface area contributed by atoms with E-state index < -0.39 is 0 Å². The number of nitrogens with zero attached hydrogens (tertiary/aromatic N) is 2. The number of carbonyl (C=O) groups excluding carboxylic acids is 1. The molecule has 0 bridgehead atoms. The first kappa shape index (κ1) is 25.3. The SMILES string of the molecule is CC1CCCN(C(=O)CCc2ccc(F)cc2)C1.[K+].[NH-]c1cc2cc(Cl)cnc2[nH]1.